The number of aliphatic hydroxyl groups excluding tert-OH is 1. The van der Waals surface area contributed by atoms with Crippen molar-refractivity contribution in [2.75, 3.05) is 29.5 Å². The van der Waals surface area contributed by atoms with E-state index in [0.29, 0.717) is 37.9 Å². The zero-order valence-corrected chi connectivity index (χ0v) is 14.8. The van der Waals surface area contributed by atoms with Gasteiger partial charge in [-0.1, -0.05) is 0 Å². The SMILES string of the molecule is O=S1(=O)CCC(CN2CCC(O)c3cc(S(=O)(=O)O)ccc32)CC1. The molecule has 24 heavy (non-hydrogen) atoms. The standard InChI is InChI=1S/C15H21NO6S2/c17-15-3-6-16(10-11-4-7-23(18,19)8-5-11)14-2-1-12(9-13(14)15)24(20,21)22/h1-2,9,11,15,17H,3-8,10H2,(H,20,21,22). The maximum atomic E-state index is 11.5. The molecule has 134 valence electrons. The first-order valence-corrected chi connectivity index (χ1v) is 11.2. The molecule has 2 aliphatic rings. The minimum absolute atomic E-state index is 0.211. The fraction of sp³-hybridized carbons (Fsp3) is 0.600. The van der Waals surface area contributed by atoms with Gasteiger partial charge in [0, 0.05) is 24.3 Å². The first-order valence-electron chi connectivity index (χ1n) is 7.90. The maximum Gasteiger partial charge on any atom is 0.294 e. The Kier molecular flexibility index (Phi) is 4.63. The van der Waals surface area contributed by atoms with Crippen molar-refractivity contribution < 1.29 is 26.5 Å². The van der Waals surface area contributed by atoms with Gasteiger partial charge >= 0.3 is 0 Å². The Bertz CT molecular complexity index is 820. The second-order valence-electron chi connectivity index (χ2n) is 6.54. The van der Waals surface area contributed by atoms with Crippen LogP contribution in [0.4, 0.5) is 5.69 Å². The first-order chi connectivity index (χ1) is 11.2. The van der Waals surface area contributed by atoms with Gasteiger partial charge in [0.25, 0.3) is 10.1 Å². The average Bonchev–Trinajstić information content (AvgIpc) is 2.51. The fourth-order valence-corrected chi connectivity index (χ4v) is 5.53. The van der Waals surface area contributed by atoms with Crippen molar-refractivity contribution in [2.45, 2.75) is 30.3 Å². The van der Waals surface area contributed by atoms with E-state index < -0.39 is 26.1 Å². The van der Waals surface area contributed by atoms with Crippen molar-refractivity contribution in [3.05, 3.63) is 23.8 Å². The molecule has 1 fully saturated rings. The van der Waals surface area contributed by atoms with Crippen LogP contribution in [0.25, 0.3) is 0 Å². The van der Waals surface area contributed by atoms with Gasteiger partial charge in [0.15, 0.2) is 0 Å². The van der Waals surface area contributed by atoms with Crippen molar-refractivity contribution in [1.29, 1.82) is 0 Å². The average molecular weight is 375 g/mol. The molecular formula is C15H21NO6S2. The van der Waals surface area contributed by atoms with Crippen molar-refractivity contribution >= 4 is 25.6 Å². The Morgan fingerprint density at radius 2 is 1.83 bits per heavy atom. The molecule has 1 unspecified atom stereocenters. The maximum absolute atomic E-state index is 11.5. The van der Waals surface area contributed by atoms with Crippen molar-refractivity contribution in [3.8, 4) is 0 Å². The van der Waals surface area contributed by atoms with E-state index in [-0.39, 0.29) is 22.3 Å². The fourth-order valence-electron chi connectivity index (χ4n) is 3.42. The lowest BCUT2D eigenvalue weighted by Crippen LogP contribution is -2.38. The largest absolute Gasteiger partial charge is 0.388 e. The smallest absolute Gasteiger partial charge is 0.294 e. The highest BCUT2D eigenvalue weighted by molar-refractivity contribution is 7.91. The van der Waals surface area contributed by atoms with Gasteiger partial charge in [0.1, 0.15) is 9.84 Å². The minimum atomic E-state index is -4.31. The lowest BCUT2D eigenvalue weighted by Gasteiger charge is -2.37. The number of fused-ring (bicyclic) bond motifs is 1. The Balaban J connectivity index is 1.82. The molecular weight excluding hydrogens is 354 g/mol. The summed E-state index contributed by atoms with van der Waals surface area (Å²) in [5.41, 5.74) is 1.23. The van der Waals surface area contributed by atoms with Gasteiger partial charge in [-0.05, 0) is 43.4 Å². The molecule has 0 spiro atoms. The number of aliphatic hydroxyl groups is 1. The van der Waals surface area contributed by atoms with Crippen LogP contribution in [0, 0.1) is 5.92 Å². The van der Waals surface area contributed by atoms with E-state index in [1.54, 1.807) is 6.07 Å². The lowest BCUT2D eigenvalue weighted by atomic mass is 9.96. The van der Waals surface area contributed by atoms with Crippen molar-refractivity contribution in [1.82, 2.24) is 0 Å². The summed E-state index contributed by atoms with van der Waals surface area (Å²) < 4.78 is 54.8. The van der Waals surface area contributed by atoms with E-state index >= 15 is 0 Å². The van der Waals surface area contributed by atoms with Crippen LogP contribution in [0.1, 0.15) is 30.9 Å². The summed E-state index contributed by atoms with van der Waals surface area (Å²) in [7, 11) is -7.21. The second-order valence-corrected chi connectivity index (χ2v) is 10.3. The van der Waals surface area contributed by atoms with Gasteiger partial charge < -0.3 is 10.0 Å². The van der Waals surface area contributed by atoms with Gasteiger partial charge in [-0.2, -0.15) is 8.42 Å². The van der Waals surface area contributed by atoms with Crippen molar-refractivity contribution in [2.24, 2.45) is 5.92 Å². The summed E-state index contributed by atoms with van der Waals surface area (Å²) in [6.45, 7) is 1.31. The molecule has 0 aromatic heterocycles. The van der Waals surface area contributed by atoms with Crippen LogP contribution in [0.5, 0.6) is 0 Å². The van der Waals surface area contributed by atoms with E-state index in [1.165, 1.54) is 12.1 Å². The number of benzene rings is 1. The molecule has 1 saturated heterocycles. The number of anilines is 1. The summed E-state index contributed by atoms with van der Waals surface area (Å²) in [6, 6.07) is 4.23. The summed E-state index contributed by atoms with van der Waals surface area (Å²) in [5, 5.41) is 10.2. The van der Waals surface area contributed by atoms with Gasteiger partial charge in [-0.15, -0.1) is 0 Å². The zero-order chi connectivity index (χ0) is 17.5. The van der Waals surface area contributed by atoms with Crippen molar-refractivity contribution in [3.63, 3.8) is 0 Å². The molecule has 0 radical (unpaired) electrons. The Morgan fingerprint density at radius 1 is 1.17 bits per heavy atom. The molecule has 3 rings (SSSR count). The molecule has 0 amide bonds. The monoisotopic (exact) mass is 375 g/mol. The molecule has 1 aromatic rings. The van der Waals surface area contributed by atoms with Gasteiger partial charge in [-0.25, -0.2) is 8.42 Å². The zero-order valence-electron chi connectivity index (χ0n) is 13.1. The highest BCUT2D eigenvalue weighted by Crippen LogP contribution is 2.36. The molecule has 2 N–H and O–H groups in total. The minimum Gasteiger partial charge on any atom is -0.388 e. The highest BCUT2D eigenvalue weighted by atomic mass is 32.2. The van der Waals surface area contributed by atoms with E-state index in [9.17, 15) is 26.5 Å². The molecule has 1 atom stereocenters. The van der Waals surface area contributed by atoms with Crippen LogP contribution < -0.4 is 4.90 Å². The molecule has 0 aliphatic carbocycles. The summed E-state index contributed by atoms with van der Waals surface area (Å²) in [4.78, 5) is 1.84. The highest BCUT2D eigenvalue weighted by Gasteiger charge is 2.29. The van der Waals surface area contributed by atoms with E-state index in [4.69, 9.17) is 0 Å². The van der Waals surface area contributed by atoms with E-state index in [0.717, 1.165) is 5.69 Å². The molecule has 0 bridgehead atoms. The number of hydrogen-bond donors (Lipinski definition) is 2. The number of nitrogens with zero attached hydrogens (tertiary/aromatic N) is 1. The predicted molar refractivity (Wildman–Crippen MR) is 89.4 cm³/mol. The predicted octanol–water partition coefficient (Wildman–Crippen LogP) is 1.00. The van der Waals surface area contributed by atoms with E-state index in [2.05, 4.69) is 4.90 Å². The summed E-state index contributed by atoms with van der Waals surface area (Å²) in [6.07, 6.45) is 0.941. The Hall–Kier alpha value is -1.16. The third kappa shape index (κ3) is 3.74. The number of rotatable bonds is 3. The Morgan fingerprint density at radius 3 is 2.46 bits per heavy atom. The quantitative estimate of drug-likeness (QED) is 0.758. The van der Waals surface area contributed by atoms with Gasteiger partial charge in [0.05, 0.1) is 22.5 Å². The second kappa shape index (κ2) is 6.29. The normalized spacial score (nSPS) is 24.6. The topological polar surface area (TPSA) is 112 Å². The lowest BCUT2D eigenvalue weighted by molar-refractivity contribution is 0.163. The number of hydrogen-bond acceptors (Lipinski definition) is 6. The van der Waals surface area contributed by atoms with Crippen LogP contribution >= 0.6 is 0 Å². The third-order valence-corrected chi connectivity index (χ3v) is 7.39. The molecule has 2 heterocycles. The van der Waals surface area contributed by atoms with E-state index in [1.807, 2.05) is 0 Å². The molecule has 0 saturated carbocycles. The van der Waals surface area contributed by atoms with Gasteiger partial charge in [-0.3, -0.25) is 4.55 Å². The van der Waals surface area contributed by atoms with Crippen LogP contribution in [-0.4, -0.2) is 51.1 Å². The number of sulfone groups is 1. The van der Waals surface area contributed by atoms with Crippen LogP contribution in [0.3, 0.4) is 0 Å². The summed E-state index contributed by atoms with van der Waals surface area (Å²) in [5.74, 6) is 0.684. The molecule has 1 aromatic carbocycles. The Labute approximate surface area is 142 Å². The van der Waals surface area contributed by atoms with Crippen LogP contribution in [-0.2, 0) is 20.0 Å². The van der Waals surface area contributed by atoms with Gasteiger partial charge in [0.2, 0.25) is 0 Å². The van der Waals surface area contributed by atoms with Crippen LogP contribution in [0.15, 0.2) is 23.1 Å². The molecule has 2 aliphatic heterocycles. The first kappa shape index (κ1) is 17.7. The summed E-state index contributed by atoms with van der Waals surface area (Å²) >= 11 is 0. The molecule has 7 nitrogen and oxygen atoms in total. The molecule has 9 heteroatoms. The van der Waals surface area contributed by atoms with Crippen LogP contribution in [0.2, 0.25) is 0 Å². The third-order valence-electron chi connectivity index (χ3n) is 4.82.